The molecule has 0 bridgehead atoms. The van der Waals surface area contributed by atoms with E-state index in [-0.39, 0.29) is 33.3 Å². The molecule has 3 N–H and O–H groups in total. The Hall–Kier alpha value is 0.0300. The van der Waals surface area contributed by atoms with E-state index in [2.05, 4.69) is 57.5 Å². The summed E-state index contributed by atoms with van der Waals surface area (Å²) < 4.78 is 0. The molecule has 12 atom stereocenters. The Bertz CT molecular complexity index is 771. The molecule has 196 valence electrons. The molecular formula is C29H49BrO4. The van der Waals surface area contributed by atoms with Crippen molar-refractivity contribution >= 4 is 21.7 Å². The molecule has 0 saturated heterocycles. The van der Waals surface area contributed by atoms with Crippen molar-refractivity contribution in [3.05, 3.63) is 0 Å². The zero-order valence-electron chi connectivity index (χ0n) is 22.3. The van der Waals surface area contributed by atoms with Gasteiger partial charge in [-0.1, -0.05) is 63.9 Å². The molecule has 34 heavy (non-hydrogen) atoms. The number of carbonyl (C=O) groups excluding carboxylic acids is 1. The summed E-state index contributed by atoms with van der Waals surface area (Å²) in [5, 5.41) is 34.0. The molecule has 0 aromatic rings. The van der Waals surface area contributed by atoms with Crippen LogP contribution in [0.3, 0.4) is 0 Å². The quantitative estimate of drug-likeness (QED) is 0.375. The number of Topliss-reactive ketones (excluding diaryl/α,β-unsaturated/α-hetero) is 1. The second kappa shape index (κ2) is 9.40. The highest BCUT2D eigenvalue weighted by Crippen LogP contribution is 2.68. The second-order valence-corrected chi connectivity index (χ2v) is 14.8. The van der Waals surface area contributed by atoms with E-state index in [4.69, 9.17) is 0 Å². The number of fused-ring (bicyclic) bond motifs is 5. The number of ketones is 1. The Kier molecular flexibility index (Phi) is 7.49. The van der Waals surface area contributed by atoms with Crippen LogP contribution in [-0.4, -0.2) is 43.7 Å². The van der Waals surface area contributed by atoms with E-state index in [0.29, 0.717) is 42.4 Å². The van der Waals surface area contributed by atoms with Crippen molar-refractivity contribution in [1.29, 1.82) is 0 Å². The molecule has 2 unspecified atom stereocenters. The highest BCUT2D eigenvalue weighted by molar-refractivity contribution is 9.09. The standard InChI is InChI=1S/C29H49BrO4/c1-7-19(16(2)3)26(33)25(32)17(4)21-8-9-22-20-14-24(31)29(34)15-18(30)10-13-28(29,6)23(20)11-12-27(21,22)5/h16-23,25-26,32-34H,7-15H2,1-6H3/t17-,18?,19-,20-,21+,22-,23-,25-,26-,27+,28+,29?/m0/s1. The molecule has 0 aliphatic heterocycles. The fourth-order valence-corrected chi connectivity index (χ4v) is 10.5. The summed E-state index contributed by atoms with van der Waals surface area (Å²) in [7, 11) is 0. The van der Waals surface area contributed by atoms with E-state index < -0.39 is 17.8 Å². The third kappa shape index (κ3) is 3.89. The summed E-state index contributed by atoms with van der Waals surface area (Å²) in [6, 6.07) is 0. The minimum Gasteiger partial charge on any atom is -0.390 e. The number of carbonyl (C=O) groups is 1. The first-order valence-electron chi connectivity index (χ1n) is 14.1. The first-order valence-corrected chi connectivity index (χ1v) is 15.0. The number of aliphatic hydroxyl groups is 3. The Balaban J connectivity index is 1.57. The summed E-state index contributed by atoms with van der Waals surface area (Å²) in [4.78, 5) is 13.7. The van der Waals surface area contributed by atoms with Crippen LogP contribution < -0.4 is 0 Å². The fraction of sp³-hybridized carbons (Fsp3) is 0.966. The molecule has 0 heterocycles. The second-order valence-electron chi connectivity index (χ2n) is 13.5. The van der Waals surface area contributed by atoms with Gasteiger partial charge in [-0.15, -0.1) is 0 Å². The minimum atomic E-state index is -1.19. The molecule has 4 nitrogen and oxygen atoms in total. The molecule has 4 saturated carbocycles. The summed E-state index contributed by atoms with van der Waals surface area (Å²) in [5.74, 6) is 2.09. The average molecular weight is 542 g/mol. The van der Waals surface area contributed by atoms with Gasteiger partial charge in [-0.05, 0) is 91.8 Å². The van der Waals surface area contributed by atoms with Crippen molar-refractivity contribution in [2.75, 3.05) is 0 Å². The molecule has 4 aliphatic carbocycles. The maximum Gasteiger partial charge on any atom is 0.165 e. The Morgan fingerprint density at radius 1 is 1.00 bits per heavy atom. The van der Waals surface area contributed by atoms with E-state index in [9.17, 15) is 20.1 Å². The molecule has 0 aromatic heterocycles. The zero-order chi connectivity index (χ0) is 25.2. The number of halogens is 1. The normalized spacial score (nSPS) is 48.0. The topological polar surface area (TPSA) is 77.8 Å². The summed E-state index contributed by atoms with van der Waals surface area (Å²) in [6.45, 7) is 13.1. The van der Waals surface area contributed by atoms with Gasteiger partial charge in [0.25, 0.3) is 0 Å². The molecule has 0 spiro atoms. The molecular weight excluding hydrogens is 492 g/mol. The summed E-state index contributed by atoms with van der Waals surface area (Å²) >= 11 is 3.70. The predicted molar refractivity (Wildman–Crippen MR) is 140 cm³/mol. The number of hydrogen-bond donors (Lipinski definition) is 3. The molecule has 4 fully saturated rings. The van der Waals surface area contributed by atoms with Crippen LogP contribution in [0.2, 0.25) is 0 Å². The molecule has 5 heteroatoms. The maximum absolute atomic E-state index is 13.5. The van der Waals surface area contributed by atoms with Crippen LogP contribution in [0.5, 0.6) is 0 Å². The van der Waals surface area contributed by atoms with Crippen LogP contribution in [0.4, 0.5) is 0 Å². The van der Waals surface area contributed by atoms with Gasteiger partial charge in [0.05, 0.1) is 12.2 Å². The Morgan fingerprint density at radius 2 is 1.68 bits per heavy atom. The molecule has 4 aliphatic rings. The summed E-state index contributed by atoms with van der Waals surface area (Å²) in [6.07, 6.45) is 6.77. The average Bonchev–Trinajstić information content (AvgIpc) is 3.12. The monoisotopic (exact) mass is 540 g/mol. The van der Waals surface area contributed by atoms with Crippen LogP contribution in [0.1, 0.15) is 99.3 Å². The van der Waals surface area contributed by atoms with Crippen molar-refractivity contribution in [3.8, 4) is 0 Å². The van der Waals surface area contributed by atoms with Gasteiger partial charge in [-0.3, -0.25) is 4.79 Å². The molecule has 4 rings (SSSR count). The smallest absolute Gasteiger partial charge is 0.165 e. The lowest BCUT2D eigenvalue weighted by atomic mass is 9.43. The van der Waals surface area contributed by atoms with Gasteiger partial charge in [-0.25, -0.2) is 0 Å². The Labute approximate surface area is 215 Å². The highest BCUT2D eigenvalue weighted by Gasteiger charge is 2.67. The van der Waals surface area contributed by atoms with E-state index in [1.165, 1.54) is 0 Å². The van der Waals surface area contributed by atoms with Crippen molar-refractivity contribution in [2.24, 2.45) is 52.3 Å². The first kappa shape index (κ1) is 27.1. The highest BCUT2D eigenvalue weighted by atomic mass is 79.9. The molecule has 0 amide bonds. The van der Waals surface area contributed by atoms with E-state index in [1.807, 2.05) is 0 Å². The van der Waals surface area contributed by atoms with Crippen molar-refractivity contribution < 1.29 is 20.1 Å². The maximum atomic E-state index is 13.5. The Morgan fingerprint density at radius 3 is 2.29 bits per heavy atom. The van der Waals surface area contributed by atoms with Gasteiger partial charge in [0, 0.05) is 16.7 Å². The van der Waals surface area contributed by atoms with Crippen molar-refractivity contribution in [2.45, 2.75) is 122 Å². The van der Waals surface area contributed by atoms with Crippen molar-refractivity contribution in [1.82, 2.24) is 0 Å². The van der Waals surface area contributed by atoms with Gasteiger partial charge in [0.1, 0.15) is 5.60 Å². The van der Waals surface area contributed by atoms with E-state index >= 15 is 0 Å². The van der Waals surface area contributed by atoms with Crippen LogP contribution in [0, 0.1) is 52.3 Å². The fourth-order valence-electron chi connectivity index (χ4n) is 9.80. The number of rotatable bonds is 6. The predicted octanol–water partition coefficient (Wildman–Crippen LogP) is 5.74. The molecule has 0 aromatic carbocycles. The van der Waals surface area contributed by atoms with Gasteiger partial charge < -0.3 is 15.3 Å². The summed E-state index contributed by atoms with van der Waals surface area (Å²) in [5.41, 5.74) is -1.44. The van der Waals surface area contributed by atoms with Crippen LogP contribution in [-0.2, 0) is 4.79 Å². The molecule has 0 radical (unpaired) electrons. The SMILES string of the molecule is CC[C@@H](C(C)C)[C@H](O)[C@@H](O)[C@@H](C)[C@H]1CC[C@H]2[C@@H]3CC(=O)C4(O)CC(Br)CC[C@]4(C)[C@H]3CC[C@]12C. The zero-order valence-corrected chi connectivity index (χ0v) is 23.9. The third-order valence-corrected chi connectivity index (χ3v) is 12.7. The van der Waals surface area contributed by atoms with E-state index in [0.717, 1.165) is 44.9 Å². The van der Waals surface area contributed by atoms with Gasteiger partial charge >= 0.3 is 0 Å². The lowest BCUT2D eigenvalue weighted by molar-refractivity contribution is -0.203. The third-order valence-electron chi connectivity index (χ3n) is 11.9. The number of hydrogen-bond acceptors (Lipinski definition) is 4. The number of aliphatic hydroxyl groups excluding tert-OH is 2. The lowest BCUT2D eigenvalue weighted by Gasteiger charge is -2.63. The van der Waals surface area contributed by atoms with Crippen molar-refractivity contribution in [3.63, 3.8) is 0 Å². The lowest BCUT2D eigenvalue weighted by Crippen LogP contribution is -2.66. The van der Waals surface area contributed by atoms with Crippen LogP contribution in [0.15, 0.2) is 0 Å². The van der Waals surface area contributed by atoms with Gasteiger partial charge in [0.15, 0.2) is 5.78 Å². The first-order chi connectivity index (χ1) is 15.8. The number of alkyl halides is 1. The van der Waals surface area contributed by atoms with Gasteiger partial charge in [0.2, 0.25) is 0 Å². The van der Waals surface area contributed by atoms with E-state index in [1.54, 1.807) is 0 Å². The van der Waals surface area contributed by atoms with Gasteiger partial charge in [-0.2, -0.15) is 0 Å². The van der Waals surface area contributed by atoms with Crippen LogP contribution in [0.25, 0.3) is 0 Å². The van der Waals surface area contributed by atoms with Crippen LogP contribution >= 0.6 is 15.9 Å². The minimum absolute atomic E-state index is 0.0324. The largest absolute Gasteiger partial charge is 0.390 e.